The number of fused-ring (bicyclic) bond motifs is 1. The van der Waals surface area contributed by atoms with E-state index in [-0.39, 0.29) is 11.1 Å². The Labute approximate surface area is 164 Å². The summed E-state index contributed by atoms with van der Waals surface area (Å²) in [5, 5.41) is 5.18. The molecule has 27 heavy (non-hydrogen) atoms. The second-order valence-corrected chi connectivity index (χ2v) is 7.22. The largest absolute Gasteiger partial charge is 0.461 e. The van der Waals surface area contributed by atoms with Crippen LogP contribution in [0.3, 0.4) is 0 Å². The van der Waals surface area contributed by atoms with Crippen LogP contribution in [0.1, 0.15) is 48.8 Å². The van der Waals surface area contributed by atoms with Gasteiger partial charge < -0.3 is 13.8 Å². The Hall–Kier alpha value is -2.27. The summed E-state index contributed by atoms with van der Waals surface area (Å²) in [6, 6.07) is 8.01. The van der Waals surface area contributed by atoms with Crippen molar-refractivity contribution in [2.45, 2.75) is 52.5 Å². The van der Waals surface area contributed by atoms with E-state index in [4.69, 9.17) is 20.5 Å². The smallest absolute Gasteiger partial charge is 0.229 e. The number of aryl methyl sites for hydroxylation is 2. The Morgan fingerprint density at radius 1 is 1.22 bits per heavy atom. The first-order valence-electron chi connectivity index (χ1n) is 9.35. The maximum atomic E-state index is 12.6. The molecule has 0 unspecified atom stereocenters. The van der Waals surface area contributed by atoms with Gasteiger partial charge in [-0.25, -0.2) is 0 Å². The monoisotopic (exact) mass is 388 g/mol. The van der Waals surface area contributed by atoms with Gasteiger partial charge in [0.2, 0.25) is 11.1 Å². The van der Waals surface area contributed by atoms with Crippen LogP contribution in [0.25, 0.3) is 11.0 Å². The molecule has 0 N–H and O–H groups in total. The van der Waals surface area contributed by atoms with Gasteiger partial charge in [-0.05, 0) is 37.4 Å². The van der Waals surface area contributed by atoms with Crippen molar-refractivity contribution in [1.82, 2.24) is 10.1 Å². The molecule has 3 aromatic rings. The molecule has 0 saturated heterocycles. The molecule has 0 aliphatic carbocycles. The van der Waals surface area contributed by atoms with Crippen LogP contribution >= 0.6 is 11.6 Å². The normalized spacial score (nSPS) is 11.3. The zero-order valence-corrected chi connectivity index (χ0v) is 16.8. The van der Waals surface area contributed by atoms with Crippen molar-refractivity contribution >= 4 is 28.5 Å². The molecule has 6 heteroatoms. The van der Waals surface area contributed by atoms with E-state index in [0.29, 0.717) is 19.4 Å². The first kappa shape index (κ1) is 19.5. The number of rotatable bonds is 8. The van der Waals surface area contributed by atoms with Crippen molar-refractivity contribution in [1.29, 1.82) is 0 Å². The highest BCUT2D eigenvalue weighted by molar-refractivity contribution is 6.29. The molecule has 0 radical (unpaired) electrons. The SMILES string of the molecule is CCCCc1oc2ccccc2c1CN(C)C(=O)CCc1c(C)noc1Cl. The quantitative estimate of drug-likeness (QED) is 0.524. The van der Waals surface area contributed by atoms with Crippen molar-refractivity contribution in [3.63, 3.8) is 0 Å². The first-order chi connectivity index (χ1) is 13.0. The van der Waals surface area contributed by atoms with Crippen LogP contribution in [-0.2, 0) is 24.2 Å². The number of carbonyl (C=O) groups excluding carboxylic acids is 1. The maximum Gasteiger partial charge on any atom is 0.229 e. The van der Waals surface area contributed by atoms with E-state index in [1.165, 1.54) is 0 Å². The topological polar surface area (TPSA) is 59.5 Å². The number of halogens is 1. The Kier molecular flexibility index (Phi) is 6.22. The molecule has 0 atom stereocenters. The number of amides is 1. The number of unbranched alkanes of at least 4 members (excludes halogenated alkanes) is 1. The van der Waals surface area contributed by atoms with Crippen LogP contribution in [0.15, 0.2) is 33.2 Å². The van der Waals surface area contributed by atoms with E-state index in [0.717, 1.165) is 52.8 Å². The molecule has 2 aromatic heterocycles. The zero-order valence-electron chi connectivity index (χ0n) is 16.0. The van der Waals surface area contributed by atoms with E-state index in [9.17, 15) is 4.79 Å². The molecule has 3 rings (SSSR count). The third-order valence-electron chi connectivity index (χ3n) is 4.89. The summed E-state index contributed by atoms with van der Waals surface area (Å²) in [5.74, 6) is 1.04. The molecule has 1 aromatic carbocycles. The number of para-hydroxylation sites is 1. The third kappa shape index (κ3) is 4.35. The second-order valence-electron chi connectivity index (χ2n) is 6.87. The van der Waals surface area contributed by atoms with Gasteiger partial charge in [0.15, 0.2) is 0 Å². The van der Waals surface area contributed by atoms with Crippen LogP contribution in [0.4, 0.5) is 0 Å². The van der Waals surface area contributed by atoms with Gasteiger partial charge in [0.1, 0.15) is 11.3 Å². The van der Waals surface area contributed by atoms with Crippen LogP contribution in [0.5, 0.6) is 0 Å². The van der Waals surface area contributed by atoms with Gasteiger partial charge in [0.05, 0.1) is 5.69 Å². The summed E-state index contributed by atoms with van der Waals surface area (Å²) >= 11 is 5.99. The average molecular weight is 389 g/mol. The minimum absolute atomic E-state index is 0.0541. The maximum absolute atomic E-state index is 12.6. The third-order valence-corrected chi connectivity index (χ3v) is 5.18. The van der Waals surface area contributed by atoms with Gasteiger partial charge in [0, 0.05) is 42.9 Å². The lowest BCUT2D eigenvalue weighted by molar-refractivity contribution is -0.130. The molecule has 0 aliphatic heterocycles. The molecule has 0 bridgehead atoms. The van der Waals surface area contributed by atoms with Crippen LogP contribution < -0.4 is 0 Å². The lowest BCUT2D eigenvalue weighted by Gasteiger charge is -2.17. The minimum Gasteiger partial charge on any atom is -0.461 e. The van der Waals surface area contributed by atoms with Crippen molar-refractivity contribution in [3.8, 4) is 0 Å². The number of hydrogen-bond acceptors (Lipinski definition) is 4. The lowest BCUT2D eigenvalue weighted by atomic mass is 10.1. The van der Waals surface area contributed by atoms with Crippen molar-refractivity contribution < 1.29 is 13.7 Å². The van der Waals surface area contributed by atoms with Gasteiger partial charge >= 0.3 is 0 Å². The predicted octanol–water partition coefficient (Wildman–Crippen LogP) is 5.32. The molecular formula is C21H25ClN2O3. The summed E-state index contributed by atoms with van der Waals surface area (Å²) in [4.78, 5) is 14.4. The van der Waals surface area contributed by atoms with Gasteiger partial charge in [0.25, 0.3) is 0 Å². The number of carbonyl (C=O) groups is 1. The van der Waals surface area contributed by atoms with Crippen molar-refractivity contribution in [2.75, 3.05) is 7.05 Å². The predicted molar refractivity (Wildman–Crippen MR) is 106 cm³/mol. The molecule has 144 valence electrons. The fourth-order valence-corrected chi connectivity index (χ4v) is 3.52. The Balaban J connectivity index is 1.72. The number of benzene rings is 1. The van der Waals surface area contributed by atoms with Gasteiger partial charge in [-0.2, -0.15) is 0 Å². The summed E-state index contributed by atoms with van der Waals surface area (Å²) < 4.78 is 11.0. The van der Waals surface area contributed by atoms with Crippen LogP contribution in [0, 0.1) is 6.92 Å². The fourth-order valence-electron chi connectivity index (χ4n) is 3.25. The van der Waals surface area contributed by atoms with E-state index in [1.54, 1.807) is 4.90 Å². The number of furan rings is 1. The number of aromatic nitrogens is 1. The Morgan fingerprint density at radius 3 is 2.70 bits per heavy atom. The molecule has 1 amide bonds. The van der Waals surface area contributed by atoms with E-state index in [1.807, 2.05) is 32.2 Å². The summed E-state index contributed by atoms with van der Waals surface area (Å²) in [6.45, 7) is 4.53. The van der Waals surface area contributed by atoms with E-state index >= 15 is 0 Å². The number of hydrogen-bond donors (Lipinski definition) is 0. The average Bonchev–Trinajstić information content (AvgIpc) is 3.18. The Morgan fingerprint density at radius 2 is 2.00 bits per heavy atom. The lowest BCUT2D eigenvalue weighted by Crippen LogP contribution is -2.26. The summed E-state index contributed by atoms with van der Waals surface area (Å²) in [5.41, 5.74) is 3.52. The van der Waals surface area contributed by atoms with Gasteiger partial charge in [-0.3, -0.25) is 4.79 Å². The van der Waals surface area contributed by atoms with Crippen molar-refractivity contribution in [2.24, 2.45) is 0 Å². The standard InChI is InChI=1S/C21H25ClN2O3/c1-4-5-9-19-17(16-8-6-7-10-18(16)26-19)13-24(3)20(25)12-11-15-14(2)23-27-21(15)22/h6-8,10H,4-5,9,11-13H2,1-3H3. The highest BCUT2D eigenvalue weighted by atomic mass is 35.5. The van der Waals surface area contributed by atoms with Gasteiger partial charge in [-0.1, -0.05) is 36.7 Å². The summed E-state index contributed by atoms with van der Waals surface area (Å²) in [6.07, 6.45) is 3.93. The first-order valence-corrected chi connectivity index (χ1v) is 9.73. The molecule has 0 fully saturated rings. The Bertz CT molecular complexity index is 909. The summed E-state index contributed by atoms with van der Waals surface area (Å²) in [7, 11) is 1.83. The number of nitrogens with zero attached hydrogens (tertiary/aromatic N) is 2. The van der Waals surface area contributed by atoms with Crippen molar-refractivity contribution in [3.05, 3.63) is 52.1 Å². The highest BCUT2D eigenvalue weighted by Gasteiger charge is 2.19. The molecular weight excluding hydrogens is 364 g/mol. The van der Waals surface area contributed by atoms with Gasteiger partial charge in [-0.15, -0.1) is 0 Å². The second kappa shape index (κ2) is 8.61. The minimum atomic E-state index is 0.0541. The van der Waals surface area contributed by atoms with E-state index < -0.39 is 0 Å². The zero-order chi connectivity index (χ0) is 19.4. The van der Waals surface area contributed by atoms with Crippen LogP contribution in [0.2, 0.25) is 5.22 Å². The molecule has 0 aliphatic rings. The fraction of sp³-hybridized carbons (Fsp3) is 0.429. The molecule has 0 spiro atoms. The highest BCUT2D eigenvalue weighted by Crippen LogP contribution is 2.28. The molecule has 2 heterocycles. The van der Waals surface area contributed by atoms with E-state index in [2.05, 4.69) is 18.1 Å². The molecule has 0 saturated carbocycles. The van der Waals surface area contributed by atoms with Crippen LogP contribution in [-0.4, -0.2) is 23.0 Å². The molecule has 5 nitrogen and oxygen atoms in total.